The van der Waals surface area contributed by atoms with Crippen LogP contribution in [0.2, 0.25) is 0 Å². The summed E-state index contributed by atoms with van der Waals surface area (Å²) in [6.45, 7) is 8.59. The van der Waals surface area contributed by atoms with Crippen molar-refractivity contribution in [3.63, 3.8) is 0 Å². The van der Waals surface area contributed by atoms with E-state index in [1.54, 1.807) is 0 Å². The van der Waals surface area contributed by atoms with Gasteiger partial charge in [0.05, 0.1) is 0 Å². The maximum atomic E-state index is 5.07. The molecule has 0 aliphatic carbocycles. The smallest absolute Gasteiger partial charge is 0.129 e. The normalized spacial score (nSPS) is 11.8. The first-order valence-corrected chi connectivity index (χ1v) is 11.7. The Hall–Kier alpha value is -3.65. The molecule has 4 aromatic carbocycles. The van der Waals surface area contributed by atoms with Gasteiger partial charge in [0.2, 0.25) is 0 Å². The molecule has 33 heavy (non-hydrogen) atoms. The maximum Gasteiger partial charge on any atom is 0.129 e. The number of nitrogens with one attached hydrogen (secondary N) is 1. The van der Waals surface area contributed by atoms with Crippen LogP contribution in [0.5, 0.6) is 0 Å². The van der Waals surface area contributed by atoms with Gasteiger partial charge in [0.1, 0.15) is 5.84 Å². The number of rotatable bonds is 6. The third-order valence-corrected chi connectivity index (χ3v) is 5.46. The topological polar surface area (TPSA) is 24.4 Å². The average Bonchev–Trinajstić information content (AvgIpc) is 2.84. The van der Waals surface area contributed by atoms with Crippen LogP contribution < -0.4 is 5.32 Å². The molecule has 0 saturated heterocycles. The molecule has 0 amide bonds. The number of hydrogen-bond donors (Lipinski definition) is 1. The zero-order chi connectivity index (χ0) is 23.2. The van der Waals surface area contributed by atoms with Gasteiger partial charge in [0.15, 0.2) is 0 Å². The standard InChI is InChI=1S/C31H32N2/c1-22(2)32-31(33-23(3)4)30-28(25-16-10-6-11-17-25)20-27(24-14-8-5-9-15-24)21-29(30)26-18-12-7-13-19-26/h5-23H,1-4H3,(H,32,33). The summed E-state index contributed by atoms with van der Waals surface area (Å²) in [5, 5.41) is 3.66. The summed E-state index contributed by atoms with van der Waals surface area (Å²) in [5.74, 6) is 0.942. The quantitative estimate of drug-likeness (QED) is 0.243. The summed E-state index contributed by atoms with van der Waals surface area (Å²) >= 11 is 0. The first kappa shape index (κ1) is 22.5. The lowest BCUT2D eigenvalue weighted by molar-refractivity contribution is 0.720. The first-order chi connectivity index (χ1) is 16.0. The minimum Gasteiger partial charge on any atom is -0.368 e. The molecule has 2 nitrogen and oxygen atoms in total. The molecule has 0 aromatic heterocycles. The Balaban J connectivity index is 2.10. The fraction of sp³-hybridized carbons (Fsp3) is 0.194. The number of aliphatic imine (C=N–C) groups is 1. The van der Waals surface area contributed by atoms with Crippen molar-refractivity contribution in [2.24, 2.45) is 4.99 Å². The molecule has 4 aromatic rings. The van der Waals surface area contributed by atoms with Crippen LogP contribution in [-0.2, 0) is 0 Å². The van der Waals surface area contributed by atoms with E-state index in [-0.39, 0.29) is 12.1 Å². The second kappa shape index (κ2) is 10.3. The van der Waals surface area contributed by atoms with E-state index in [0.717, 1.165) is 11.4 Å². The molecule has 4 rings (SSSR count). The fourth-order valence-corrected chi connectivity index (χ4v) is 4.09. The van der Waals surface area contributed by atoms with Crippen LogP contribution in [0.4, 0.5) is 0 Å². The molecule has 0 fully saturated rings. The zero-order valence-corrected chi connectivity index (χ0v) is 19.9. The lowest BCUT2D eigenvalue weighted by Gasteiger charge is -2.23. The van der Waals surface area contributed by atoms with Crippen LogP contribution in [0.1, 0.15) is 33.3 Å². The van der Waals surface area contributed by atoms with E-state index < -0.39 is 0 Å². The van der Waals surface area contributed by atoms with Crippen molar-refractivity contribution in [2.45, 2.75) is 39.8 Å². The van der Waals surface area contributed by atoms with E-state index in [9.17, 15) is 0 Å². The predicted molar refractivity (Wildman–Crippen MR) is 143 cm³/mol. The second-order valence-electron chi connectivity index (χ2n) is 8.91. The summed E-state index contributed by atoms with van der Waals surface area (Å²) in [6.07, 6.45) is 0. The Morgan fingerprint density at radius 1 is 0.576 bits per heavy atom. The van der Waals surface area contributed by atoms with Gasteiger partial charge in [-0.25, -0.2) is 0 Å². The molecular formula is C31H32N2. The second-order valence-corrected chi connectivity index (χ2v) is 8.91. The Kier molecular flexibility index (Phi) is 7.04. The van der Waals surface area contributed by atoms with E-state index in [1.807, 2.05) is 0 Å². The van der Waals surface area contributed by atoms with Crippen LogP contribution in [0.3, 0.4) is 0 Å². The van der Waals surface area contributed by atoms with Crippen molar-refractivity contribution in [3.05, 3.63) is 109 Å². The third-order valence-electron chi connectivity index (χ3n) is 5.46. The molecule has 0 bridgehead atoms. The molecule has 0 saturated carbocycles. The van der Waals surface area contributed by atoms with E-state index in [4.69, 9.17) is 4.99 Å². The molecule has 0 aliphatic heterocycles. The van der Waals surface area contributed by atoms with Crippen molar-refractivity contribution in [1.29, 1.82) is 0 Å². The SMILES string of the molecule is CC(C)N=C(NC(C)C)c1c(-c2ccccc2)cc(-c2ccccc2)cc1-c1ccccc1. The molecule has 0 atom stereocenters. The summed E-state index contributed by atoms with van der Waals surface area (Å²) in [7, 11) is 0. The molecule has 166 valence electrons. The Morgan fingerprint density at radius 2 is 1.00 bits per heavy atom. The van der Waals surface area contributed by atoms with Crippen LogP contribution in [0.25, 0.3) is 33.4 Å². The van der Waals surface area contributed by atoms with Gasteiger partial charge in [-0.2, -0.15) is 0 Å². The number of hydrogen-bond acceptors (Lipinski definition) is 1. The van der Waals surface area contributed by atoms with Crippen LogP contribution in [0.15, 0.2) is 108 Å². The Bertz CT molecular complexity index is 1150. The molecule has 2 heteroatoms. The molecule has 1 N–H and O–H groups in total. The van der Waals surface area contributed by atoms with E-state index >= 15 is 0 Å². The van der Waals surface area contributed by atoms with Gasteiger partial charge in [-0.1, -0.05) is 91.0 Å². The predicted octanol–water partition coefficient (Wildman–Crippen LogP) is 7.84. The lowest BCUT2D eigenvalue weighted by Crippen LogP contribution is -2.33. The third kappa shape index (κ3) is 5.40. The van der Waals surface area contributed by atoms with Gasteiger partial charge >= 0.3 is 0 Å². The van der Waals surface area contributed by atoms with Gasteiger partial charge in [-0.3, -0.25) is 4.99 Å². The number of amidine groups is 1. The van der Waals surface area contributed by atoms with Crippen molar-refractivity contribution < 1.29 is 0 Å². The van der Waals surface area contributed by atoms with Gasteiger partial charge < -0.3 is 5.32 Å². The van der Waals surface area contributed by atoms with Crippen molar-refractivity contribution in [1.82, 2.24) is 5.32 Å². The molecule has 0 unspecified atom stereocenters. The summed E-state index contributed by atoms with van der Waals surface area (Å²) in [6, 6.07) is 37.0. The van der Waals surface area contributed by atoms with E-state index in [1.165, 1.54) is 33.4 Å². The van der Waals surface area contributed by atoms with Gasteiger partial charge in [0, 0.05) is 17.6 Å². The van der Waals surface area contributed by atoms with Crippen LogP contribution >= 0.6 is 0 Å². The average molecular weight is 433 g/mol. The van der Waals surface area contributed by atoms with Crippen molar-refractivity contribution >= 4 is 5.84 Å². The monoisotopic (exact) mass is 432 g/mol. The summed E-state index contributed by atoms with van der Waals surface area (Å²) < 4.78 is 0. The highest BCUT2D eigenvalue weighted by Crippen LogP contribution is 2.37. The molecule has 0 radical (unpaired) electrons. The number of benzene rings is 4. The molecule has 0 spiro atoms. The lowest BCUT2D eigenvalue weighted by atomic mass is 9.87. The highest BCUT2D eigenvalue weighted by Gasteiger charge is 2.20. The van der Waals surface area contributed by atoms with Crippen LogP contribution in [-0.4, -0.2) is 17.9 Å². The number of nitrogens with zero attached hydrogens (tertiary/aromatic N) is 1. The largest absolute Gasteiger partial charge is 0.368 e. The molecular weight excluding hydrogens is 400 g/mol. The van der Waals surface area contributed by atoms with E-state index in [2.05, 4.69) is 136 Å². The Labute approximate surface area is 198 Å². The van der Waals surface area contributed by atoms with Crippen molar-refractivity contribution in [2.75, 3.05) is 0 Å². The maximum absolute atomic E-state index is 5.07. The van der Waals surface area contributed by atoms with Gasteiger partial charge in [-0.15, -0.1) is 0 Å². The summed E-state index contributed by atoms with van der Waals surface area (Å²) in [4.78, 5) is 5.07. The van der Waals surface area contributed by atoms with Gasteiger partial charge in [-0.05, 0) is 73.2 Å². The highest BCUT2D eigenvalue weighted by molar-refractivity contribution is 6.11. The van der Waals surface area contributed by atoms with E-state index in [0.29, 0.717) is 0 Å². The minimum atomic E-state index is 0.173. The summed E-state index contributed by atoms with van der Waals surface area (Å²) in [5.41, 5.74) is 8.29. The first-order valence-electron chi connectivity index (χ1n) is 11.7. The van der Waals surface area contributed by atoms with Gasteiger partial charge in [0.25, 0.3) is 0 Å². The fourth-order valence-electron chi connectivity index (χ4n) is 4.09. The molecule has 0 aliphatic rings. The van der Waals surface area contributed by atoms with Crippen LogP contribution in [0, 0.1) is 0 Å². The zero-order valence-electron chi connectivity index (χ0n) is 19.9. The van der Waals surface area contributed by atoms with Crippen molar-refractivity contribution in [3.8, 4) is 33.4 Å². The highest BCUT2D eigenvalue weighted by atomic mass is 15.0. The molecule has 0 heterocycles. The minimum absolute atomic E-state index is 0.173. The Morgan fingerprint density at radius 3 is 1.39 bits per heavy atom.